The predicted molar refractivity (Wildman–Crippen MR) is 90.4 cm³/mol. The number of hydrogen-bond donors (Lipinski definition) is 4. The molecule has 0 aliphatic carbocycles. The number of rotatable bonds is 6. The summed E-state index contributed by atoms with van der Waals surface area (Å²) >= 11 is 0. The molecule has 2 aromatic rings. The number of anilines is 1. The minimum absolute atomic E-state index is 0.200. The smallest absolute Gasteiger partial charge is 0.261 e. The molecule has 7 nitrogen and oxygen atoms in total. The molecule has 0 fully saturated rings. The summed E-state index contributed by atoms with van der Waals surface area (Å²) in [4.78, 5) is 23.7. The third-order valence-corrected chi connectivity index (χ3v) is 4.20. The Bertz CT molecular complexity index is 848. The Balaban J connectivity index is 1.91. The zero-order valence-electron chi connectivity index (χ0n) is 13.6. The Labute approximate surface area is 144 Å². The van der Waals surface area contributed by atoms with E-state index in [1.54, 1.807) is 30.3 Å². The van der Waals surface area contributed by atoms with Crippen LogP contribution in [-0.2, 0) is 19.8 Å². The average molecular weight is 342 g/mol. The summed E-state index contributed by atoms with van der Waals surface area (Å²) in [5.41, 5.74) is 3.07. The number of aliphatic hydroxyl groups is 2. The number of hydrogen-bond acceptors (Lipinski definition) is 6. The highest BCUT2D eigenvalue weighted by molar-refractivity contribution is 6.23. The van der Waals surface area contributed by atoms with Gasteiger partial charge in [0.05, 0.1) is 31.5 Å². The third kappa shape index (κ3) is 2.95. The number of amides is 2. The van der Waals surface area contributed by atoms with Gasteiger partial charge in [-0.3, -0.25) is 14.9 Å². The van der Waals surface area contributed by atoms with Crippen molar-refractivity contribution in [3.8, 4) is 5.75 Å². The quantitative estimate of drug-likeness (QED) is 0.587. The van der Waals surface area contributed by atoms with Crippen molar-refractivity contribution < 1.29 is 24.5 Å². The van der Waals surface area contributed by atoms with E-state index in [9.17, 15) is 19.8 Å². The molecule has 7 heteroatoms. The largest absolute Gasteiger partial charge is 0.496 e. The zero-order valence-corrected chi connectivity index (χ0v) is 13.6. The van der Waals surface area contributed by atoms with Gasteiger partial charge in [-0.25, -0.2) is 0 Å². The summed E-state index contributed by atoms with van der Waals surface area (Å²) in [5.74, 6) is -0.354. The van der Waals surface area contributed by atoms with Crippen molar-refractivity contribution >= 4 is 17.5 Å². The summed E-state index contributed by atoms with van der Waals surface area (Å²) < 4.78 is 5.38. The summed E-state index contributed by atoms with van der Waals surface area (Å²) in [6.45, 7) is -0.140. The second-order valence-electron chi connectivity index (χ2n) is 5.58. The highest BCUT2D eigenvalue weighted by atomic mass is 16.5. The Morgan fingerprint density at radius 1 is 1.04 bits per heavy atom. The van der Waals surface area contributed by atoms with Gasteiger partial charge in [0.15, 0.2) is 0 Å². The summed E-state index contributed by atoms with van der Waals surface area (Å²) in [6, 6.07) is 8.52. The number of ether oxygens (including phenoxy) is 1. The van der Waals surface area contributed by atoms with Crippen molar-refractivity contribution in [3.05, 3.63) is 58.1 Å². The van der Waals surface area contributed by atoms with Crippen molar-refractivity contribution in [2.45, 2.75) is 19.8 Å². The Kier molecular flexibility index (Phi) is 4.69. The monoisotopic (exact) mass is 342 g/mol. The predicted octanol–water partition coefficient (Wildman–Crippen LogP) is 1.18. The standard InChI is InChI=1S/C18H18N2O5/c1-25-16-10(5-6-11(8-21)13(16)9-22)7-19-14-4-2-3-12-15(14)18(24)20-17(12)23/h2-6,19,21-22H,7-9H2,1H3,(H,20,23,24). The first kappa shape index (κ1) is 16.9. The van der Waals surface area contributed by atoms with E-state index in [0.717, 1.165) is 5.56 Å². The number of carbonyl (C=O) groups is 2. The number of carbonyl (C=O) groups excluding carboxylic acids is 2. The second-order valence-corrected chi connectivity index (χ2v) is 5.58. The van der Waals surface area contributed by atoms with Gasteiger partial charge in [0.25, 0.3) is 11.8 Å². The van der Waals surface area contributed by atoms with Crippen LogP contribution >= 0.6 is 0 Å². The van der Waals surface area contributed by atoms with E-state index in [4.69, 9.17) is 4.74 Å². The number of aliphatic hydroxyl groups excluding tert-OH is 2. The molecule has 1 heterocycles. The van der Waals surface area contributed by atoms with Crippen molar-refractivity contribution in [2.75, 3.05) is 12.4 Å². The van der Waals surface area contributed by atoms with E-state index < -0.39 is 11.8 Å². The molecule has 0 unspecified atom stereocenters. The normalized spacial score (nSPS) is 12.8. The second kappa shape index (κ2) is 6.92. The first-order valence-electron chi connectivity index (χ1n) is 7.72. The molecule has 0 radical (unpaired) electrons. The number of fused-ring (bicyclic) bond motifs is 1. The lowest BCUT2D eigenvalue weighted by molar-refractivity contribution is 0.0880. The van der Waals surface area contributed by atoms with E-state index in [-0.39, 0.29) is 13.2 Å². The molecule has 3 rings (SSSR count). The fraction of sp³-hybridized carbons (Fsp3) is 0.222. The fourth-order valence-electron chi connectivity index (χ4n) is 2.99. The molecule has 4 N–H and O–H groups in total. The van der Waals surface area contributed by atoms with Gasteiger partial charge in [-0.2, -0.15) is 0 Å². The Morgan fingerprint density at radius 2 is 1.80 bits per heavy atom. The molecule has 2 amide bonds. The lowest BCUT2D eigenvalue weighted by atomic mass is 10.0. The van der Waals surface area contributed by atoms with Gasteiger partial charge in [-0.05, 0) is 17.7 Å². The molecule has 130 valence electrons. The maximum absolute atomic E-state index is 12.0. The molecule has 0 aromatic heterocycles. The molecule has 0 spiro atoms. The third-order valence-electron chi connectivity index (χ3n) is 4.20. The SMILES string of the molecule is COc1c(CNc2cccc3c2C(=O)NC3=O)ccc(CO)c1CO. The molecule has 1 aliphatic heterocycles. The van der Waals surface area contributed by atoms with Gasteiger partial charge in [-0.1, -0.05) is 18.2 Å². The van der Waals surface area contributed by atoms with Crippen molar-refractivity contribution in [1.82, 2.24) is 5.32 Å². The van der Waals surface area contributed by atoms with Gasteiger partial charge in [0.1, 0.15) is 5.75 Å². The van der Waals surface area contributed by atoms with Crippen LogP contribution in [0.2, 0.25) is 0 Å². The lowest BCUT2D eigenvalue weighted by Crippen LogP contribution is -2.20. The molecular formula is C18H18N2O5. The van der Waals surface area contributed by atoms with E-state index in [1.165, 1.54) is 7.11 Å². The van der Waals surface area contributed by atoms with Crippen molar-refractivity contribution in [2.24, 2.45) is 0 Å². The maximum atomic E-state index is 12.0. The highest BCUT2D eigenvalue weighted by Gasteiger charge is 2.29. The van der Waals surface area contributed by atoms with Gasteiger partial charge >= 0.3 is 0 Å². The van der Waals surface area contributed by atoms with Gasteiger partial charge in [0.2, 0.25) is 0 Å². The van der Waals surface area contributed by atoms with E-state index >= 15 is 0 Å². The molecule has 2 aromatic carbocycles. The van der Waals surface area contributed by atoms with Crippen LogP contribution in [0.3, 0.4) is 0 Å². The van der Waals surface area contributed by atoms with Crippen LogP contribution in [0.5, 0.6) is 5.75 Å². The lowest BCUT2D eigenvalue weighted by Gasteiger charge is -2.17. The van der Waals surface area contributed by atoms with Crippen LogP contribution in [0.25, 0.3) is 0 Å². The highest BCUT2D eigenvalue weighted by Crippen LogP contribution is 2.30. The Hall–Kier alpha value is -2.90. The fourth-order valence-corrected chi connectivity index (χ4v) is 2.99. The van der Waals surface area contributed by atoms with Crippen LogP contribution in [-0.4, -0.2) is 29.1 Å². The molecule has 0 saturated heterocycles. The zero-order chi connectivity index (χ0) is 18.0. The maximum Gasteiger partial charge on any atom is 0.261 e. The van der Waals surface area contributed by atoms with Crippen molar-refractivity contribution in [3.63, 3.8) is 0 Å². The van der Waals surface area contributed by atoms with E-state index in [2.05, 4.69) is 10.6 Å². The van der Waals surface area contributed by atoms with E-state index in [0.29, 0.717) is 40.2 Å². The number of nitrogens with one attached hydrogen (secondary N) is 2. The molecule has 0 atom stereocenters. The molecule has 0 bridgehead atoms. The molecule has 25 heavy (non-hydrogen) atoms. The van der Waals surface area contributed by atoms with Crippen molar-refractivity contribution in [1.29, 1.82) is 0 Å². The molecule has 1 aliphatic rings. The van der Waals surface area contributed by atoms with Crippen LogP contribution in [0, 0.1) is 0 Å². The number of imide groups is 1. The molecule has 0 saturated carbocycles. The van der Waals surface area contributed by atoms with Gasteiger partial charge in [0, 0.05) is 23.4 Å². The van der Waals surface area contributed by atoms with Gasteiger partial charge < -0.3 is 20.3 Å². The van der Waals surface area contributed by atoms with Crippen LogP contribution in [0.1, 0.15) is 37.4 Å². The first-order valence-corrected chi connectivity index (χ1v) is 7.72. The number of benzene rings is 2. The van der Waals surface area contributed by atoms with Crippen LogP contribution in [0.15, 0.2) is 30.3 Å². The summed E-state index contributed by atoms with van der Waals surface area (Å²) in [7, 11) is 1.49. The van der Waals surface area contributed by atoms with Crippen LogP contribution < -0.4 is 15.4 Å². The van der Waals surface area contributed by atoms with E-state index in [1.807, 2.05) is 0 Å². The average Bonchev–Trinajstić information content (AvgIpc) is 2.93. The first-order chi connectivity index (χ1) is 12.1. The van der Waals surface area contributed by atoms with Gasteiger partial charge in [-0.15, -0.1) is 0 Å². The molecular weight excluding hydrogens is 324 g/mol. The minimum atomic E-state index is -0.429. The number of methoxy groups -OCH3 is 1. The summed E-state index contributed by atoms with van der Waals surface area (Å²) in [6.07, 6.45) is 0. The topological polar surface area (TPSA) is 108 Å². The minimum Gasteiger partial charge on any atom is -0.496 e. The van der Waals surface area contributed by atoms with Crippen LogP contribution in [0.4, 0.5) is 5.69 Å². The summed E-state index contributed by atoms with van der Waals surface area (Å²) in [5, 5.41) is 24.3. The Morgan fingerprint density at radius 3 is 2.48 bits per heavy atom.